The standard InChI is InChI=1S/C32H31N3O5/c1-31-11-12-32(40-31,13-16-39-23-6-4-5-22(19-23)34-14-17-38-18-15-34)28-27(31)29(36)35(30(28)37)26-10-9-21(20-33)24-7-2-3-8-25(24)26/h2-10,19,36-37H,11-18H2,1H3/t31-,32-/m0/s1. The van der Waals surface area contributed by atoms with Crippen LogP contribution in [0.3, 0.4) is 0 Å². The summed E-state index contributed by atoms with van der Waals surface area (Å²) in [6, 6.07) is 21.4. The van der Waals surface area contributed by atoms with Crippen LogP contribution in [0.25, 0.3) is 16.5 Å². The molecule has 2 N–H and O–H groups in total. The molecule has 2 fully saturated rings. The summed E-state index contributed by atoms with van der Waals surface area (Å²) in [4.78, 5) is 2.29. The zero-order chi connectivity index (χ0) is 27.5. The van der Waals surface area contributed by atoms with E-state index < -0.39 is 11.2 Å². The molecule has 2 saturated heterocycles. The number of hydrogen-bond acceptors (Lipinski definition) is 7. The largest absolute Gasteiger partial charge is 0.494 e. The molecule has 8 heteroatoms. The van der Waals surface area contributed by atoms with Crippen LogP contribution in [0.5, 0.6) is 17.5 Å². The topological polar surface area (TPSA) is 100 Å². The maximum Gasteiger partial charge on any atom is 0.205 e. The van der Waals surface area contributed by atoms with Crippen LogP contribution in [-0.4, -0.2) is 47.7 Å². The first-order valence-electron chi connectivity index (χ1n) is 13.8. The van der Waals surface area contributed by atoms with Gasteiger partial charge in [-0.25, -0.2) is 0 Å². The van der Waals surface area contributed by atoms with Gasteiger partial charge in [0.15, 0.2) is 0 Å². The Labute approximate surface area is 232 Å². The predicted octanol–water partition coefficient (Wildman–Crippen LogP) is 5.45. The van der Waals surface area contributed by atoms with E-state index in [0.29, 0.717) is 35.4 Å². The number of aromatic nitrogens is 1. The lowest BCUT2D eigenvalue weighted by Crippen LogP contribution is -2.36. The highest BCUT2D eigenvalue weighted by Gasteiger charge is 2.61. The summed E-state index contributed by atoms with van der Waals surface area (Å²) in [6.45, 7) is 5.54. The highest BCUT2D eigenvalue weighted by atomic mass is 16.5. The number of morpholine rings is 1. The van der Waals surface area contributed by atoms with Crippen molar-refractivity contribution in [3.05, 3.63) is 77.4 Å². The van der Waals surface area contributed by atoms with Crippen molar-refractivity contribution in [1.82, 2.24) is 4.57 Å². The van der Waals surface area contributed by atoms with Crippen molar-refractivity contribution in [1.29, 1.82) is 5.26 Å². The Kier molecular flexibility index (Phi) is 5.70. The van der Waals surface area contributed by atoms with E-state index in [2.05, 4.69) is 23.1 Å². The predicted molar refractivity (Wildman–Crippen MR) is 150 cm³/mol. The molecule has 40 heavy (non-hydrogen) atoms. The molecule has 4 heterocycles. The fourth-order valence-corrected chi connectivity index (χ4v) is 6.84. The van der Waals surface area contributed by atoms with Crippen LogP contribution in [-0.2, 0) is 20.7 Å². The van der Waals surface area contributed by atoms with Crippen molar-refractivity contribution in [2.75, 3.05) is 37.8 Å². The second-order valence-corrected chi connectivity index (χ2v) is 11.0. The molecule has 0 spiro atoms. The van der Waals surface area contributed by atoms with Crippen molar-refractivity contribution in [2.45, 2.75) is 37.4 Å². The van der Waals surface area contributed by atoms with Gasteiger partial charge in [0.25, 0.3) is 0 Å². The summed E-state index contributed by atoms with van der Waals surface area (Å²) >= 11 is 0. The van der Waals surface area contributed by atoms with Crippen molar-refractivity contribution in [3.8, 4) is 29.3 Å². The number of ether oxygens (including phenoxy) is 3. The van der Waals surface area contributed by atoms with Gasteiger partial charge in [0, 0.05) is 42.0 Å². The van der Waals surface area contributed by atoms with E-state index in [9.17, 15) is 15.5 Å². The quantitative estimate of drug-likeness (QED) is 0.337. The van der Waals surface area contributed by atoms with Gasteiger partial charge in [0.1, 0.15) is 11.4 Å². The van der Waals surface area contributed by atoms with Gasteiger partial charge >= 0.3 is 0 Å². The summed E-state index contributed by atoms with van der Waals surface area (Å²) in [6.07, 6.45) is 1.99. The molecule has 3 aliphatic heterocycles. The van der Waals surface area contributed by atoms with Crippen LogP contribution in [0.1, 0.15) is 42.9 Å². The van der Waals surface area contributed by atoms with Gasteiger partial charge in [0.2, 0.25) is 11.8 Å². The minimum Gasteiger partial charge on any atom is -0.494 e. The normalized spacial score (nSPS) is 23.4. The van der Waals surface area contributed by atoms with E-state index in [1.807, 2.05) is 43.3 Å². The van der Waals surface area contributed by atoms with Crippen LogP contribution in [0, 0.1) is 11.3 Å². The fraction of sp³-hybridized carbons (Fsp3) is 0.344. The number of aromatic hydroxyl groups is 2. The van der Waals surface area contributed by atoms with Crippen LogP contribution in [0.2, 0.25) is 0 Å². The van der Waals surface area contributed by atoms with Gasteiger partial charge in [-0.15, -0.1) is 0 Å². The molecule has 0 amide bonds. The highest BCUT2D eigenvalue weighted by molar-refractivity contribution is 5.95. The van der Waals surface area contributed by atoms with Gasteiger partial charge in [-0.1, -0.05) is 30.3 Å². The molecule has 0 unspecified atom stereocenters. The summed E-state index contributed by atoms with van der Waals surface area (Å²) in [5.41, 5.74) is 2.08. The number of anilines is 1. The number of nitrogens with zero attached hydrogens (tertiary/aromatic N) is 3. The van der Waals surface area contributed by atoms with Crippen molar-refractivity contribution in [3.63, 3.8) is 0 Å². The molecule has 1 aromatic heterocycles. The summed E-state index contributed by atoms with van der Waals surface area (Å²) in [5, 5.41) is 34.4. The monoisotopic (exact) mass is 537 g/mol. The third kappa shape index (κ3) is 3.65. The zero-order valence-corrected chi connectivity index (χ0v) is 22.4. The summed E-state index contributed by atoms with van der Waals surface area (Å²) < 4.78 is 19.8. The average molecular weight is 538 g/mol. The molecule has 3 aliphatic rings. The number of fused-ring (bicyclic) bond motifs is 6. The molecule has 2 bridgehead atoms. The lowest BCUT2D eigenvalue weighted by Gasteiger charge is -2.29. The van der Waals surface area contributed by atoms with Gasteiger partial charge in [-0.05, 0) is 44.0 Å². The number of rotatable bonds is 6. The second-order valence-electron chi connectivity index (χ2n) is 11.0. The third-order valence-electron chi connectivity index (χ3n) is 8.76. The molecule has 0 radical (unpaired) electrons. The first-order chi connectivity index (χ1) is 19.4. The maximum absolute atomic E-state index is 11.7. The Morgan fingerprint density at radius 1 is 0.950 bits per heavy atom. The first-order valence-corrected chi connectivity index (χ1v) is 13.8. The Bertz CT molecular complexity index is 1670. The minimum absolute atomic E-state index is 0.0226. The lowest BCUT2D eigenvalue weighted by atomic mass is 9.78. The zero-order valence-electron chi connectivity index (χ0n) is 22.4. The maximum atomic E-state index is 11.7. The molecular formula is C32H31N3O5. The van der Waals surface area contributed by atoms with Crippen LogP contribution in [0.4, 0.5) is 5.69 Å². The Hall–Kier alpha value is -4.19. The van der Waals surface area contributed by atoms with Gasteiger partial charge in [0.05, 0.1) is 53.9 Å². The average Bonchev–Trinajstić information content (AvgIpc) is 3.57. The number of benzene rings is 3. The van der Waals surface area contributed by atoms with Crippen LogP contribution < -0.4 is 9.64 Å². The summed E-state index contributed by atoms with van der Waals surface area (Å²) in [7, 11) is 0. The number of nitriles is 1. The Morgan fingerprint density at radius 3 is 2.52 bits per heavy atom. The van der Waals surface area contributed by atoms with Crippen LogP contribution >= 0.6 is 0 Å². The van der Waals surface area contributed by atoms with E-state index in [1.54, 1.807) is 12.1 Å². The first kappa shape index (κ1) is 24.8. The van der Waals surface area contributed by atoms with Crippen molar-refractivity contribution in [2.24, 2.45) is 0 Å². The SMILES string of the molecule is C[C@@]12CC[C@@](CCOc3cccc(N4CCOCC4)c3)(O1)c1c2c(O)n(-c2ccc(C#N)c3ccccc23)c1O. The Morgan fingerprint density at radius 2 is 1.73 bits per heavy atom. The van der Waals surface area contributed by atoms with E-state index in [0.717, 1.165) is 61.4 Å². The molecule has 2 atom stereocenters. The van der Waals surface area contributed by atoms with E-state index in [1.165, 1.54) is 4.57 Å². The van der Waals surface area contributed by atoms with E-state index in [4.69, 9.17) is 14.2 Å². The van der Waals surface area contributed by atoms with Crippen LogP contribution in [0.15, 0.2) is 60.7 Å². The molecule has 4 aromatic rings. The van der Waals surface area contributed by atoms with Gasteiger partial charge < -0.3 is 29.3 Å². The van der Waals surface area contributed by atoms with E-state index >= 15 is 0 Å². The van der Waals surface area contributed by atoms with Crippen molar-refractivity contribution >= 4 is 16.5 Å². The van der Waals surface area contributed by atoms with Gasteiger partial charge in [-0.3, -0.25) is 4.57 Å². The smallest absolute Gasteiger partial charge is 0.205 e. The highest BCUT2D eigenvalue weighted by Crippen LogP contribution is 2.65. The minimum atomic E-state index is -0.763. The lowest BCUT2D eigenvalue weighted by molar-refractivity contribution is -0.0876. The van der Waals surface area contributed by atoms with Gasteiger partial charge in [-0.2, -0.15) is 5.26 Å². The van der Waals surface area contributed by atoms with Crippen molar-refractivity contribution < 1.29 is 24.4 Å². The molecule has 7 rings (SSSR count). The molecule has 3 aromatic carbocycles. The number of hydrogen-bond donors (Lipinski definition) is 2. The molecule has 204 valence electrons. The fourth-order valence-electron chi connectivity index (χ4n) is 6.84. The molecule has 0 aliphatic carbocycles. The molecular weight excluding hydrogens is 506 g/mol. The Balaban J connectivity index is 1.21. The second kappa shape index (κ2) is 9.19. The third-order valence-corrected chi connectivity index (χ3v) is 8.76. The summed E-state index contributed by atoms with van der Waals surface area (Å²) in [5.74, 6) is 0.735. The molecule has 8 nitrogen and oxygen atoms in total. The van der Waals surface area contributed by atoms with E-state index in [-0.39, 0.29) is 11.8 Å². The molecule has 0 saturated carbocycles.